The molecule has 180 valence electrons. The van der Waals surface area contributed by atoms with Crippen LogP contribution in [0.1, 0.15) is 48.1 Å². The molecule has 0 bridgehead atoms. The second-order valence-corrected chi connectivity index (χ2v) is 9.74. The zero-order chi connectivity index (χ0) is 24.5. The number of aromatic nitrogens is 2. The SMILES string of the molecule is Cc1ccn2c(C(=O)NCc3ccccc3N3CCN(C(=O)OC(C)(C)C)CC3)c(C)nc2c1. The molecular formula is C26H33N5O3. The Morgan fingerprint density at radius 2 is 1.76 bits per heavy atom. The minimum absolute atomic E-state index is 0.154. The summed E-state index contributed by atoms with van der Waals surface area (Å²) in [7, 11) is 0. The van der Waals surface area contributed by atoms with Crippen molar-refractivity contribution in [3.63, 3.8) is 0 Å². The van der Waals surface area contributed by atoms with Gasteiger partial charge in [0.1, 0.15) is 16.9 Å². The number of carbonyl (C=O) groups excluding carboxylic acids is 2. The molecule has 1 saturated heterocycles. The first-order valence-electron chi connectivity index (χ1n) is 11.7. The van der Waals surface area contributed by atoms with Crippen LogP contribution < -0.4 is 10.2 Å². The summed E-state index contributed by atoms with van der Waals surface area (Å²) in [6.45, 7) is 12.5. The summed E-state index contributed by atoms with van der Waals surface area (Å²) in [5, 5.41) is 3.07. The molecule has 3 heterocycles. The number of nitrogens with one attached hydrogen (secondary N) is 1. The van der Waals surface area contributed by atoms with Crippen molar-refractivity contribution in [1.29, 1.82) is 0 Å². The number of ether oxygens (including phenoxy) is 1. The summed E-state index contributed by atoms with van der Waals surface area (Å²) in [6, 6.07) is 12.0. The highest BCUT2D eigenvalue weighted by molar-refractivity contribution is 5.94. The van der Waals surface area contributed by atoms with Gasteiger partial charge in [0, 0.05) is 44.6 Å². The standard InChI is InChI=1S/C26H33N5O3/c1-18-10-11-31-22(16-18)28-19(2)23(31)24(32)27-17-20-8-6-7-9-21(20)29-12-14-30(15-13-29)25(33)34-26(3,4)5/h6-11,16H,12-15,17H2,1-5H3,(H,27,32). The molecule has 2 amide bonds. The molecule has 1 aromatic carbocycles. The number of pyridine rings is 1. The van der Waals surface area contributed by atoms with E-state index < -0.39 is 5.60 Å². The van der Waals surface area contributed by atoms with E-state index in [1.165, 1.54) is 0 Å². The third-order valence-corrected chi connectivity index (χ3v) is 5.87. The normalized spacial score (nSPS) is 14.4. The fraction of sp³-hybridized carbons (Fsp3) is 0.423. The summed E-state index contributed by atoms with van der Waals surface area (Å²) in [5.41, 5.74) is 4.72. The van der Waals surface area contributed by atoms with Gasteiger partial charge >= 0.3 is 6.09 Å². The predicted octanol–water partition coefficient (Wildman–Crippen LogP) is 3.94. The van der Waals surface area contributed by atoms with E-state index in [1.54, 1.807) is 4.90 Å². The van der Waals surface area contributed by atoms with Crippen LogP contribution in [-0.2, 0) is 11.3 Å². The maximum Gasteiger partial charge on any atom is 0.410 e. The van der Waals surface area contributed by atoms with Crippen LogP contribution in [-0.4, -0.2) is 58.1 Å². The second kappa shape index (κ2) is 9.37. The third kappa shape index (κ3) is 5.16. The topological polar surface area (TPSA) is 79.2 Å². The maximum absolute atomic E-state index is 13.1. The van der Waals surface area contributed by atoms with Gasteiger partial charge in [0.25, 0.3) is 5.91 Å². The van der Waals surface area contributed by atoms with Crippen molar-refractivity contribution in [3.8, 4) is 0 Å². The van der Waals surface area contributed by atoms with Gasteiger partial charge in [-0.2, -0.15) is 0 Å². The molecule has 8 heteroatoms. The highest BCUT2D eigenvalue weighted by Gasteiger charge is 2.26. The van der Waals surface area contributed by atoms with Crippen LogP contribution in [0.25, 0.3) is 5.65 Å². The number of aryl methyl sites for hydroxylation is 2. The van der Waals surface area contributed by atoms with Crippen molar-refractivity contribution in [2.24, 2.45) is 0 Å². The Labute approximate surface area is 200 Å². The van der Waals surface area contributed by atoms with Gasteiger partial charge in [0.15, 0.2) is 0 Å². The van der Waals surface area contributed by atoms with Gasteiger partial charge in [-0.1, -0.05) is 18.2 Å². The Kier molecular flexibility index (Phi) is 6.50. The van der Waals surface area contributed by atoms with Gasteiger partial charge in [-0.3, -0.25) is 9.20 Å². The first-order valence-corrected chi connectivity index (χ1v) is 11.7. The van der Waals surface area contributed by atoms with E-state index in [0.29, 0.717) is 44.1 Å². The lowest BCUT2D eigenvalue weighted by atomic mass is 10.1. The van der Waals surface area contributed by atoms with Crippen molar-refractivity contribution >= 4 is 23.3 Å². The average Bonchev–Trinajstić information content (AvgIpc) is 3.11. The highest BCUT2D eigenvalue weighted by atomic mass is 16.6. The summed E-state index contributed by atoms with van der Waals surface area (Å²) in [4.78, 5) is 34.0. The minimum Gasteiger partial charge on any atom is -0.444 e. The van der Waals surface area contributed by atoms with E-state index in [2.05, 4.69) is 21.3 Å². The smallest absolute Gasteiger partial charge is 0.410 e. The molecule has 0 unspecified atom stereocenters. The van der Waals surface area contributed by atoms with E-state index in [-0.39, 0.29) is 12.0 Å². The molecule has 1 N–H and O–H groups in total. The highest BCUT2D eigenvalue weighted by Crippen LogP contribution is 2.23. The van der Waals surface area contributed by atoms with Gasteiger partial charge in [-0.15, -0.1) is 0 Å². The molecule has 0 spiro atoms. The number of piperazine rings is 1. The van der Waals surface area contributed by atoms with E-state index in [1.807, 2.05) is 75.5 Å². The van der Waals surface area contributed by atoms with Crippen LogP contribution >= 0.6 is 0 Å². The molecule has 8 nitrogen and oxygen atoms in total. The van der Waals surface area contributed by atoms with Crippen molar-refractivity contribution in [2.45, 2.75) is 46.8 Å². The van der Waals surface area contributed by atoms with E-state index in [0.717, 1.165) is 22.5 Å². The molecule has 3 aromatic rings. The van der Waals surface area contributed by atoms with Crippen LogP contribution in [0.15, 0.2) is 42.6 Å². The van der Waals surface area contributed by atoms with Gasteiger partial charge < -0.3 is 19.9 Å². The van der Waals surface area contributed by atoms with Gasteiger partial charge in [0.05, 0.1) is 5.69 Å². The number of rotatable bonds is 4. The van der Waals surface area contributed by atoms with Crippen LogP contribution in [0.3, 0.4) is 0 Å². The number of carbonyl (C=O) groups is 2. The van der Waals surface area contributed by atoms with Gasteiger partial charge in [0.2, 0.25) is 0 Å². The first-order chi connectivity index (χ1) is 16.1. The monoisotopic (exact) mass is 463 g/mol. The lowest BCUT2D eigenvalue weighted by Crippen LogP contribution is -2.50. The summed E-state index contributed by atoms with van der Waals surface area (Å²) in [5.74, 6) is -0.154. The van der Waals surface area contributed by atoms with Crippen molar-refractivity contribution in [1.82, 2.24) is 19.6 Å². The fourth-order valence-electron chi connectivity index (χ4n) is 4.22. The fourth-order valence-corrected chi connectivity index (χ4v) is 4.22. The molecule has 1 aliphatic rings. The molecule has 1 aliphatic heterocycles. The van der Waals surface area contributed by atoms with Crippen LogP contribution in [0.4, 0.5) is 10.5 Å². The number of nitrogens with zero attached hydrogens (tertiary/aromatic N) is 4. The van der Waals surface area contributed by atoms with E-state index in [4.69, 9.17) is 4.74 Å². The summed E-state index contributed by atoms with van der Waals surface area (Å²) < 4.78 is 7.34. The van der Waals surface area contributed by atoms with E-state index >= 15 is 0 Å². The molecular weight excluding hydrogens is 430 g/mol. The predicted molar refractivity (Wildman–Crippen MR) is 132 cm³/mol. The lowest BCUT2D eigenvalue weighted by Gasteiger charge is -2.37. The van der Waals surface area contributed by atoms with Crippen molar-refractivity contribution in [2.75, 3.05) is 31.1 Å². The van der Waals surface area contributed by atoms with E-state index in [9.17, 15) is 9.59 Å². The second-order valence-electron chi connectivity index (χ2n) is 9.74. The Morgan fingerprint density at radius 1 is 1.06 bits per heavy atom. The molecule has 2 aromatic heterocycles. The number of imidazole rings is 1. The largest absolute Gasteiger partial charge is 0.444 e. The maximum atomic E-state index is 13.1. The molecule has 0 aliphatic carbocycles. The Bertz CT molecular complexity index is 1200. The zero-order valence-electron chi connectivity index (χ0n) is 20.6. The number of hydrogen-bond acceptors (Lipinski definition) is 5. The average molecular weight is 464 g/mol. The van der Waals surface area contributed by atoms with Crippen molar-refractivity contribution < 1.29 is 14.3 Å². The first kappa shape index (κ1) is 23.6. The number of anilines is 1. The molecule has 34 heavy (non-hydrogen) atoms. The number of para-hydroxylation sites is 1. The molecule has 1 fully saturated rings. The van der Waals surface area contributed by atoms with Crippen LogP contribution in [0, 0.1) is 13.8 Å². The summed E-state index contributed by atoms with van der Waals surface area (Å²) >= 11 is 0. The molecule has 4 rings (SSSR count). The Balaban J connectivity index is 1.43. The number of hydrogen-bond donors (Lipinski definition) is 1. The van der Waals surface area contributed by atoms with Gasteiger partial charge in [-0.25, -0.2) is 9.78 Å². The molecule has 0 radical (unpaired) electrons. The third-order valence-electron chi connectivity index (χ3n) is 5.87. The quantitative estimate of drug-likeness (QED) is 0.634. The van der Waals surface area contributed by atoms with Crippen LogP contribution in [0.2, 0.25) is 0 Å². The summed E-state index contributed by atoms with van der Waals surface area (Å²) in [6.07, 6.45) is 1.61. The number of amides is 2. The van der Waals surface area contributed by atoms with Gasteiger partial charge in [-0.05, 0) is 63.9 Å². The molecule has 0 saturated carbocycles. The Hall–Kier alpha value is -3.55. The van der Waals surface area contributed by atoms with Crippen LogP contribution in [0.5, 0.6) is 0 Å². The zero-order valence-corrected chi connectivity index (χ0v) is 20.6. The lowest BCUT2D eigenvalue weighted by molar-refractivity contribution is 0.0240. The number of benzene rings is 1. The number of fused-ring (bicyclic) bond motifs is 1. The van der Waals surface area contributed by atoms with Crippen molar-refractivity contribution in [3.05, 3.63) is 65.1 Å². The molecule has 0 atom stereocenters. The Morgan fingerprint density at radius 3 is 2.47 bits per heavy atom. The minimum atomic E-state index is -0.503.